The Bertz CT molecular complexity index is 2210. The molecule has 0 amide bonds. The van der Waals surface area contributed by atoms with Gasteiger partial charge in [0.1, 0.15) is 11.5 Å². The first-order chi connectivity index (χ1) is 32.1. The molecule has 0 aromatic heterocycles. The topological polar surface area (TPSA) is 72.0 Å². The van der Waals surface area contributed by atoms with Gasteiger partial charge in [0.15, 0.2) is 0 Å². The zero-order valence-electron chi connectivity index (χ0n) is 42.3. The first kappa shape index (κ1) is 58.5. The van der Waals surface area contributed by atoms with Crippen molar-refractivity contribution >= 4 is 18.6 Å². The second-order valence-electron chi connectivity index (χ2n) is 21.4. The Hall–Kier alpha value is -3.11. The van der Waals surface area contributed by atoms with Crippen LogP contribution in [0, 0.1) is 61.2 Å². The monoisotopic (exact) mass is 1030 g/mol. The van der Waals surface area contributed by atoms with Crippen LogP contribution >= 0.6 is 18.6 Å². The maximum atomic E-state index is 11.4. The van der Waals surface area contributed by atoms with Crippen LogP contribution in [0.25, 0.3) is 0 Å². The van der Waals surface area contributed by atoms with Gasteiger partial charge in [0, 0.05) is 46.6 Å². The standard InChI is InChI=1S/2C31H33O.2ClH.H2O.2Ti/c2*1-30(2,3)24-19-27(29(32)28(20-24)31(4,5)6)23-17-25(21-13-9-7-10-14-21)26(18-23)22-15-11-8-12-16-22;;;;;/h2*7-20,32H,1-6H3;2*1H;1H2;;/q;;;;;2*+2/p-2. The van der Waals surface area contributed by atoms with E-state index in [9.17, 15) is 10.2 Å². The van der Waals surface area contributed by atoms with E-state index in [0.29, 0.717) is 11.5 Å². The number of hydrogen-bond donors (Lipinski definition) is 2. The minimum atomic E-state index is -0.156. The molecule has 7 heteroatoms. The molecule has 0 spiro atoms. The van der Waals surface area contributed by atoms with Crippen LogP contribution in [-0.2, 0) is 60.4 Å². The van der Waals surface area contributed by atoms with Crippen molar-refractivity contribution in [3.63, 3.8) is 0 Å². The zero-order chi connectivity index (χ0) is 50.2. The van der Waals surface area contributed by atoms with E-state index in [1.165, 1.54) is 95.8 Å². The Morgan fingerprint density at radius 3 is 0.739 bits per heavy atom. The predicted octanol–water partition coefficient (Wildman–Crippen LogP) is 15.7. The van der Waals surface area contributed by atoms with Gasteiger partial charge in [-0.15, -0.1) is 0 Å². The van der Waals surface area contributed by atoms with Crippen molar-refractivity contribution < 1.29 is 54.4 Å². The van der Waals surface area contributed by atoms with E-state index in [0.717, 1.165) is 34.1 Å². The molecule has 8 rings (SSSR count). The molecule has 2 aliphatic carbocycles. The van der Waals surface area contributed by atoms with Crippen molar-refractivity contribution in [2.45, 2.75) is 105 Å². The molecule has 2 saturated carbocycles. The molecule has 0 unspecified atom stereocenters. The summed E-state index contributed by atoms with van der Waals surface area (Å²) in [5.41, 5.74) is 10.6. The quantitative estimate of drug-likeness (QED) is 0.163. The number of phenolic OH excluding ortho intramolecular Hbond substituents is 2. The zero-order valence-corrected chi connectivity index (χ0v) is 47.0. The first-order valence-corrected chi connectivity index (χ1v) is 27.4. The van der Waals surface area contributed by atoms with Gasteiger partial charge in [-0.25, -0.2) is 0 Å². The van der Waals surface area contributed by atoms with Gasteiger partial charge < -0.3 is 15.7 Å². The third-order valence-electron chi connectivity index (χ3n) is 12.3. The molecule has 6 aromatic carbocycles. The van der Waals surface area contributed by atoms with Crippen LogP contribution in [0.5, 0.6) is 11.5 Å². The van der Waals surface area contributed by atoms with Crippen LogP contribution in [-0.4, -0.2) is 15.7 Å². The second kappa shape index (κ2) is 25.0. The Labute approximate surface area is 448 Å². The summed E-state index contributed by atoms with van der Waals surface area (Å²) >= 11 is 2.94. The van der Waals surface area contributed by atoms with Crippen LogP contribution < -0.4 is 0 Å². The van der Waals surface area contributed by atoms with Crippen LogP contribution in [0.4, 0.5) is 0 Å². The average Bonchev–Trinajstić information content (AvgIpc) is 3.97. The molecule has 354 valence electrons. The first-order valence-electron chi connectivity index (χ1n) is 23.1. The molecule has 6 aromatic rings. The fraction of sp³-hybridized carbons (Fsp3) is 0.258. The number of hydrogen-bond acceptors (Lipinski definition) is 2. The molecule has 4 N–H and O–H groups in total. The summed E-state index contributed by atoms with van der Waals surface area (Å²) in [6, 6.07) is 50.7. The summed E-state index contributed by atoms with van der Waals surface area (Å²) in [6.45, 7) is 26.3. The Morgan fingerprint density at radius 1 is 0.333 bits per heavy atom. The summed E-state index contributed by atoms with van der Waals surface area (Å²) in [5, 5.41) is 22.8. The molecule has 2 aliphatic rings. The van der Waals surface area contributed by atoms with E-state index in [1.54, 1.807) is 0 Å². The normalized spacial score (nSPS) is 15.5. The van der Waals surface area contributed by atoms with E-state index >= 15 is 0 Å². The van der Waals surface area contributed by atoms with E-state index in [-0.39, 0.29) is 27.1 Å². The summed E-state index contributed by atoms with van der Waals surface area (Å²) < 4.78 is 0. The van der Waals surface area contributed by atoms with Crippen LogP contribution in [0.1, 0.15) is 139 Å². The molecule has 0 atom stereocenters. The van der Waals surface area contributed by atoms with Crippen molar-refractivity contribution in [3.8, 4) is 11.5 Å². The van der Waals surface area contributed by atoms with E-state index in [2.05, 4.69) is 249 Å². The minimum absolute atomic E-state index is 0. The molecule has 0 saturated heterocycles. The molecular formula is C62H68Cl2O3Ti2+2. The molecule has 3 nitrogen and oxygen atoms in total. The second-order valence-corrected chi connectivity index (χ2v) is 21.4. The molecule has 0 bridgehead atoms. The number of aromatic hydroxyl groups is 2. The van der Waals surface area contributed by atoms with Gasteiger partial charge in [0.2, 0.25) is 0 Å². The fourth-order valence-corrected chi connectivity index (χ4v) is 8.47. The molecule has 10 radical (unpaired) electrons. The molecular weight excluding hydrogens is 959 g/mol. The Morgan fingerprint density at radius 2 is 0.551 bits per heavy atom. The van der Waals surface area contributed by atoms with Gasteiger partial charge in [0.05, 0.1) is 0 Å². The third-order valence-corrected chi connectivity index (χ3v) is 12.3. The SMILES string of the molecule is CC(C)(C)c1cc([C]2[CH][C](c3ccccc3)[C](c3ccccc3)[CH]2)c(O)c(C(C)(C)C)c1.CC(C)(C)c1cc([C]2[CH][C](c3ccccc3)[C](c3ccccc3)[CH]2)c(O)c(C(C)(C)C)c1.O.[Cl][Ti+].[Cl][Ti+]. The summed E-state index contributed by atoms with van der Waals surface area (Å²) in [7, 11) is 9.28. The molecule has 69 heavy (non-hydrogen) atoms. The molecule has 0 heterocycles. The maximum absolute atomic E-state index is 11.4. The van der Waals surface area contributed by atoms with Gasteiger partial charge in [0.25, 0.3) is 0 Å². The number of rotatable bonds is 6. The summed E-state index contributed by atoms with van der Waals surface area (Å²) in [4.78, 5) is 0. The van der Waals surface area contributed by atoms with Crippen molar-refractivity contribution in [1.82, 2.24) is 0 Å². The number of halogens is 2. The van der Waals surface area contributed by atoms with Gasteiger partial charge in [-0.1, -0.05) is 229 Å². The van der Waals surface area contributed by atoms with Crippen molar-refractivity contribution in [2.24, 2.45) is 0 Å². The number of phenols is 2. The predicted molar refractivity (Wildman–Crippen MR) is 283 cm³/mol. The van der Waals surface area contributed by atoms with E-state index < -0.39 is 0 Å². The average molecular weight is 1030 g/mol. The summed E-state index contributed by atoms with van der Waals surface area (Å²) in [5.74, 6) is 7.61. The van der Waals surface area contributed by atoms with Crippen molar-refractivity contribution in [1.29, 1.82) is 0 Å². The van der Waals surface area contributed by atoms with Crippen LogP contribution in [0.3, 0.4) is 0 Å². The van der Waals surface area contributed by atoms with E-state index in [1.807, 2.05) is 24.3 Å². The van der Waals surface area contributed by atoms with E-state index in [4.69, 9.17) is 0 Å². The fourth-order valence-electron chi connectivity index (χ4n) is 8.47. The van der Waals surface area contributed by atoms with Gasteiger partial charge in [-0.2, -0.15) is 0 Å². The summed E-state index contributed by atoms with van der Waals surface area (Å²) in [6.07, 6.45) is 8.91. The van der Waals surface area contributed by atoms with Gasteiger partial charge in [-0.3, -0.25) is 0 Å². The molecule has 2 fully saturated rings. The number of benzene rings is 6. The molecule has 0 aliphatic heterocycles. The van der Waals surface area contributed by atoms with Crippen LogP contribution in [0.2, 0.25) is 0 Å². The van der Waals surface area contributed by atoms with Gasteiger partial charge >= 0.3 is 57.4 Å². The third kappa shape index (κ3) is 14.5. The van der Waals surface area contributed by atoms with Crippen molar-refractivity contribution in [3.05, 3.63) is 262 Å². The van der Waals surface area contributed by atoms with Crippen LogP contribution in [0.15, 0.2) is 146 Å². The Kier molecular flexibility index (Phi) is 21.2. The Balaban J connectivity index is 0.000000277. The van der Waals surface area contributed by atoms with Crippen molar-refractivity contribution in [2.75, 3.05) is 0 Å². The van der Waals surface area contributed by atoms with Gasteiger partial charge in [-0.05, 0) is 91.9 Å².